The summed E-state index contributed by atoms with van der Waals surface area (Å²) in [5.41, 5.74) is 5.60. The highest BCUT2D eigenvalue weighted by Gasteiger charge is 2.31. The second-order valence-electron chi connectivity index (χ2n) is 11.4. The van der Waals surface area contributed by atoms with Gasteiger partial charge in [-0.05, 0) is 57.2 Å². The number of primary amides is 1. The van der Waals surface area contributed by atoms with E-state index in [9.17, 15) is 33.6 Å². The first kappa shape index (κ1) is 34.5. The first-order valence-corrected chi connectivity index (χ1v) is 13.8. The fraction of sp³-hybridized carbons (Fsp3) is 0.483. The number of benzene rings is 1. The number of nitrogens with two attached hydrogens (primary N) is 1. The van der Waals surface area contributed by atoms with Gasteiger partial charge in [0.25, 0.3) is 11.8 Å². The smallest absolute Gasteiger partial charge is 0.312 e. The normalized spacial score (nSPS) is 14.2. The van der Waals surface area contributed by atoms with E-state index in [4.69, 9.17) is 10.5 Å². The van der Waals surface area contributed by atoms with E-state index in [0.29, 0.717) is 17.7 Å². The third-order valence-electron chi connectivity index (χ3n) is 6.27. The lowest BCUT2D eigenvalue weighted by molar-refractivity contribution is -0.154. The highest BCUT2D eigenvalue weighted by molar-refractivity contribution is 6.14. The Morgan fingerprint density at radius 2 is 1.53 bits per heavy atom. The van der Waals surface area contributed by atoms with Gasteiger partial charge in [-0.25, -0.2) is 4.79 Å². The standard InChI is InChI=1S/C29H40N6O8/c1-17(2)24(34-21(36)15-35-22(37)12-13-23(35)38)26(40)33-20(7-6-14-31-28(30)42)25(39)32-19-10-8-18(9-11-19)16-43-27(41)29(3,4)5/h8-13,17,20,24H,6-7,14-16H2,1-5H3,(H,32,39)(H,33,40)(H,34,36)(H3,30,31,42)/t20-,24?/m1/s1. The Kier molecular flexibility index (Phi) is 12.4. The quantitative estimate of drug-likeness (QED) is 0.116. The zero-order valence-corrected chi connectivity index (χ0v) is 25.0. The third kappa shape index (κ3) is 11.2. The number of esters is 1. The molecule has 0 spiro atoms. The van der Waals surface area contributed by atoms with Gasteiger partial charge in [-0.1, -0.05) is 26.0 Å². The molecule has 0 bridgehead atoms. The minimum absolute atomic E-state index is 0.0643. The first-order valence-electron chi connectivity index (χ1n) is 13.8. The molecule has 1 aromatic carbocycles. The highest BCUT2D eigenvalue weighted by atomic mass is 16.5. The van der Waals surface area contributed by atoms with E-state index in [0.717, 1.165) is 17.1 Å². The number of nitrogens with one attached hydrogen (secondary N) is 4. The number of hydrogen-bond donors (Lipinski definition) is 5. The van der Waals surface area contributed by atoms with Crippen molar-refractivity contribution in [3.63, 3.8) is 0 Å². The second kappa shape index (κ2) is 15.5. The SMILES string of the molecule is CC(C)C(NC(=O)CN1C(=O)C=CC1=O)C(=O)N[C@H](CCCNC(N)=O)C(=O)Nc1ccc(COC(=O)C(C)(C)C)cc1. The Labute approximate surface area is 250 Å². The number of ether oxygens (including phenoxy) is 1. The maximum Gasteiger partial charge on any atom is 0.312 e. The number of urea groups is 1. The largest absolute Gasteiger partial charge is 0.460 e. The highest BCUT2D eigenvalue weighted by Crippen LogP contribution is 2.18. The van der Waals surface area contributed by atoms with Crippen molar-refractivity contribution in [3.8, 4) is 0 Å². The maximum absolute atomic E-state index is 13.2. The monoisotopic (exact) mass is 600 g/mol. The molecule has 1 aliphatic heterocycles. The summed E-state index contributed by atoms with van der Waals surface area (Å²) in [4.78, 5) is 86.4. The van der Waals surface area contributed by atoms with Crippen LogP contribution in [0.3, 0.4) is 0 Å². The number of carbonyl (C=O) groups is 7. The van der Waals surface area contributed by atoms with Gasteiger partial charge in [0.15, 0.2) is 0 Å². The number of nitrogens with zero attached hydrogens (tertiary/aromatic N) is 1. The third-order valence-corrected chi connectivity index (χ3v) is 6.27. The van der Waals surface area contributed by atoms with Crippen LogP contribution in [0.2, 0.25) is 0 Å². The number of anilines is 1. The number of carbonyl (C=O) groups excluding carboxylic acids is 7. The Morgan fingerprint density at radius 3 is 2.07 bits per heavy atom. The molecule has 0 fully saturated rings. The van der Waals surface area contributed by atoms with Crippen molar-refractivity contribution in [1.29, 1.82) is 0 Å². The molecule has 7 amide bonds. The Hall–Kier alpha value is -4.75. The zero-order chi connectivity index (χ0) is 32.3. The first-order chi connectivity index (χ1) is 20.1. The average Bonchev–Trinajstić information content (AvgIpc) is 3.23. The van der Waals surface area contributed by atoms with Crippen molar-refractivity contribution in [2.75, 3.05) is 18.4 Å². The van der Waals surface area contributed by atoms with E-state index in [1.807, 2.05) is 0 Å². The van der Waals surface area contributed by atoms with Crippen LogP contribution in [-0.2, 0) is 40.1 Å². The van der Waals surface area contributed by atoms with E-state index in [2.05, 4.69) is 21.3 Å². The molecule has 43 heavy (non-hydrogen) atoms. The maximum atomic E-state index is 13.2. The molecule has 1 aliphatic rings. The van der Waals surface area contributed by atoms with Crippen LogP contribution in [0.5, 0.6) is 0 Å². The molecule has 2 atom stereocenters. The predicted octanol–water partition coefficient (Wildman–Crippen LogP) is 0.714. The van der Waals surface area contributed by atoms with Crippen molar-refractivity contribution < 1.29 is 38.3 Å². The van der Waals surface area contributed by atoms with Gasteiger partial charge in [-0.15, -0.1) is 0 Å². The van der Waals surface area contributed by atoms with Gasteiger partial charge in [0.1, 0.15) is 25.2 Å². The lowest BCUT2D eigenvalue weighted by Crippen LogP contribution is -2.56. The summed E-state index contributed by atoms with van der Waals surface area (Å²) in [6.07, 6.45) is 2.52. The van der Waals surface area contributed by atoms with Gasteiger partial charge in [0.2, 0.25) is 17.7 Å². The molecule has 1 unspecified atom stereocenters. The van der Waals surface area contributed by atoms with Crippen LogP contribution in [0, 0.1) is 11.3 Å². The van der Waals surface area contributed by atoms with Crippen LogP contribution in [0.1, 0.15) is 53.0 Å². The van der Waals surface area contributed by atoms with Gasteiger partial charge < -0.3 is 31.7 Å². The number of imide groups is 1. The molecule has 1 aromatic rings. The van der Waals surface area contributed by atoms with Crippen LogP contribution < -0.4 is 27.0 Å². The topological polar surface area (TPSA) is 206 Å². The molecule has 0 radical (unpaired) electrons. The van der Waals surface area contributed by atoms with Gasteiger partial charge >= 0.3 is 12.0 Å². The molecule has 0 aromatic heterocycles. The molecular formula is C29H40N6O8. The van der Waals surface area contributed by atoms with E-state index in [1.165, 1.54) is 0 Å². The lowest BCUT2D eigenvalue weighted by atomic mass is 9.97. The fourth-order valence-corrected chi connectivity index (χ4v) is 3.81. The molecular weight excluding hydrogens is 560 g/mol. The van der Waals surface area contributed by atoms with Gasteiger partial charge in [0, 0.05) is 24.4 Å². The predicted molar refractivity (Wildman–Crippen MR) is 156 cm³/mol. The van der Waals surface area contributed by atoms with Gasteiger partial charge in [-0.3, -0.25) is 33.7 Å². The summed E-state index contributed by atoms with van der Waals surface area (Å²) >= 11 is 0. The molecule has 0 saturated heterocycles. The minimum Gasteiger partial charge on any atom is -0.460 e. The van der Waals surface area contributed by atoms with Crippen LogP contribution in [0.4, 0.5) is 10.5 Å². The average molecular weight is 601 g/mol. The Balaban J connectivity index is 2.07. The molecule has 6 N–H and O–H groups in total. The Morgan fingerprint density at radius 1 is 0.930 bits per heavy atom. The lowest BCUT2D eigenvalue weighted by Gasteiger charge is -2.26. The van der Waals surface area contributed by atoms with Crippen molar-refractivity contribution in [3.05, 3.63) is 42.0 Å². The fourth-order valence-electron chi connectivity index (χ4n) is 3.81. The zero-order valence-electron chi connectivity index (χ0n) is 25.0. The Bertz CT molecular complexity index is 1230. The van der Waals surface area contributed by atoms with Crippen LogP contribution in [-0.4, -0.2) is 71.6 Å². The van der Waals surface area contributed by atoms with E-state index < -0.39 is 65.5 Å². The number of rotatable bonds is 14. The number of hydrogen-bond acceptors (Lipinski definition) is 8. The summed E-state index contributed by atoms with van der Waals surface area (Å²) in [6, 6.07) is 3.75. The minimum atomic E-state index is -1.08. The number of amides is 7. The van der Waals surface area contributed by atoms with Crippen LogP contribution in [0.25, 0.3) is 0 Å². The summed E-state index contributed by atoms with van der Waals surface area (Å²) in [5, 5.41) is 10.3. The van der Waals surface area contributed by atoms with Crippen molar-refractivity contribution >= 4 is 47.2 Å². The summed E-state index contributed by atoms with van der Waals surface area (Å²) in [7, 11) is 0. The summed E-state index contributed by atoms with van der Waals surface area (Å²) in [6.45, 7) is 8.29. The van der Waals surface area contributed by atoms with Crippen LogP contribution >= 0.6 is 0 Å². The molecule has 0 saturated carbocycles. The van der Waals surface area contributed by atoms with Crippen LogP contribution in [0.15, 0.2) is 36.4 Å². The molecule has 14 heteroatoms. The van der Waals surface area contributed by atoms with E-state index >= 15 is 0 Å². The molecule has 2 rings (SSSR count). The van der Waals surface area contributed by atoms with E-state index in [-0.39, 0.29) is 25.5 Å². The molecule has 0 aliphatic carbocycles. The van der Waals surface area contributed by atoms with Crippen molar-refractivity contribution in [2.24, 2.45) is 17.1 Å². The van der Waals surface area contributed by atoms with Gasteiger partial charge in [-0.2, -0.15) is 0 Å². The molecule has 1 heterocycles. The molecule has 234 valence electrons. The van der Waals surface area contributed by atoms with Crippen molar-refractivity contribution in [2.45, 2.75) is 66.2 Å². The second-order valence-corrected chi connectivity index (χ2v) is 11.4. The van der Waals surface area contributed by atoms with E-state index in [1.54, 1.807) is 58.9 Å². The molecule has 14 nitrogen and oxygen atoms in total. The summed E-state index contributed by atoms with van der Waals surface area (Å²) < 4.78 is 5.30. The van der Waals surface area contributed by atoms with Crippen molar-refractivity contribution in [1.82, 2.24) is 20.9 Å². The summed E-state index contributed by atoms with van der Waals surface area (Å²) in [5.74, 6) is -3.95. The van der Waals surface area contributed by atoms with Gasteiger partial charge in [0.05, 0.1) is 5.41 Å².